The summed E-state index contributed by atoms with van der Waals surface area (Å²) < 4.78 is 4.83. The van der Waals surface area contributed by atoms with Crippen molar-refractivity contribution in [1.29, 1.82) is 0 Å². The molecule has 0 radical (unpaired) electrons. The van der Waals surface area contributed by atoms with Gasteiger partial charge in [0.25, 0.3) is 0 Å². The van der Waals surface area contributed by atoms with E-state index in [2.05, 4.69) is 4.98 Å². The molecule has 2 unspecified atom stereocenters. The molecule has 108 valence electrons. The van der Waals surface area contributed by atoms with E-state index in [0.29, 0.717) is 23.6 Å². The summed E-state index contributed by atoms with van der Waals surface area (Å²) in [6.07, 6.45) is 3.99. The standard InChI is InChI=1S/C14H17ClN2O3/c1-20-13(18)17-9-4-5-10(17)8-14(19,7-9)12-11(15)3-2-6-16-12/h2-3,6,9-10,19H,4-5,7-8H2,1H3. The molecule has 1 N–H and O–H groups in total. The second kappa shape index (κ2) is 4.90. The molecule has 2 fully saturated rings. The SMILES string of the molecule is COC(=O)N1C2CCC1CC(O)(c1ncccc1Cl)C2. The third-order valence-electron chi connectivity index (χ3n) is 4.35. The van der Waals surface area contributed by atoms with Crippen LogP contribution in [-0.2, 0) is 10.3 Å². The van der Waals surface area contributed by atoms with E-state index < -0.39 is 5.60 Å². The van der Waals surface area contributed by atoms with Gasteiger partial charge in [-0.3, -0.25) is 4.98 Å². The van der Waals surface area contributed by atoms with Gasteiger partial charge in [-0.25, -0.2) is 4.79 Å². The molecular weight excluding hydrogens is 280 g/mol. The summed E-state index contributed by atoms with van der Waals surface area (Å²) >= 11 is 6.16. The third-order valence-corrected chi connectivity index (χ3v) is 4.66. The quantitative estimate of drug-likeness (QED) is 0.864. The van der Waals surface area contributed by atoms with E-state index in [1.54, 1.807) is 23.2 Å². The maximum Gasteiger partial charge on any atom is 0.409 e. The Morgan fingerprint density at radius 1 is 1.50 bits per heavy atom. The Hall–Kier alpha value is -1.33. The molecule has 2 aliphatic rings. The molecule has 1 amide bonds. The average Bonchev–Trinajstić information content (AvgIpc) is 2.71. The number of hydrogen-bond acceptors (Lipinski definition) is 4. The molecule has 0 spiro atoms. The van der Waals surface area contributed by atoms with Gasteiger partial charge in [0.15, 0.2) is 0 Å². The molecule has 3 heterocycles. The number of aliphatic hydroxyl groups is 1. The monoisotopic (exact) mass is 296 g/mol. The van der Waals surface area contributed by atoms with Crippen LogP contribution in [0, 0.1) is 0 Å². The molecule has 3 rings (SSSR count). The van der Waals surface area contributed by atoms with E-state index >= 15 is 0 Å². The van der Waals surface area contributed by atoms with Crippen molar-refractivity contribution in [2.45, 2.75) is 43.4 Å². The Morgan fingerprint density at radius 3 is 2.70 bits per heavy atom. The highest BCUT2D eigenvalue weighted by Crippen LogP contribution is 2.46. The summed E-state index contributed by atoms with van der Waals surface area (Å²) in [7, 11) is 1.39. The molecule has 2 aliphatic heterocycles. The number of amides is 1. The van der Waals surface area contributed by atoms with Crippen LogP contribution in [0.5, 0.6) is 0 Å². The van der Waals surface area contributed by atoms with Crippen LogP contribution >= 0.6 is 11.6 Å². The van der Waals surface area contributed by atoms with Crippen molar-refractivity contribution < 1.29 is 14.6 Å². The number of ether oxygens (including phenoxy) is 1. The van der Waals surface area contributed by atoms with Crippen molar-refractivity contribution in [3.8, 4) is 0 Å². The van der Waals surface area contributed by atoms with E-state index in [1.165, 1.54) is 7.11 Å². The van der Waals surface area contributed by atoms with Crippen LogP contribution in [0.25, 0.3) is 0 Å². The topological polar surface area (TPSA) is 62.7 Å². The highest BCUT2D eigenvalue weighted by Gasteiger charge is 2.51. The molecule has 2 bridgehead atoms. The minimum atomic E-state index is -1.06. The van der Waals surface area contributed by atoms with E-state index in [1.807, 2.05) is 0 Å². The average molecular weight is 297 g/mol. The maximum absolute atomic E-state index is 11.8. The largest absolute Gasteiger partial charge is 0.453 e. The van der Waals surface area contributed by atoms with E-state index in [0.717, 1.165) is 12.8 Å². The highest BCUT2D eigenvalue weighted by atomic mass is 35.5. The van der Waals surface area contributed by atoms with Gasteiger partial charge in [-0.15, -0.1) is 0 Å². The second-order valence-corrected chi connectivity index (χ2v) is 5.94. The molecule has 2 atom stereocenters. The van der Waals surface area contributed by atoms with E-state index in [-0.39, 0.29) is 18.2 Å². The summed E-state index contributed by atoms with van der Waals surface area (Å²) in [6.45, 7) is 0. The van der Waals surface area contributed by atoms with Crippen molar-refractivity contribution >= 4 is 17.7 Å². The number of hydrogen-bond donors (Lipinski definition) is 1. The Bertz CT molecular complexity index is 523. The summed E-state index contributed by atoms with van der Waals surface area (Å²) in [5.74, 6) is 0. The number of nitrogens with zero attached hydrogens (tertiary/aromatic N) is 2. The predicted molar refractivity (Wildman–Crippen MR) is 73.4 cm³/mol. The van der Waals surface area contributed by atoms with Crippen LogP contribution in [0.2, 0.25) is 5.02 Å². The summed E-state index contributed by atoms with van der Waals surface area (Å²) in [6, 6.07) is 3.46. The van der Waals surface area contributed by atoms with Crippen LogP contribution < -0.4 is 0 Å². The Kier molecular flexibility index (Phi) is 3.34. The van der Waals surface area contributed by atoms with Crippen LogP contribution in [0.4, 0.5) is 4.79 Å². The maximum atomic E-state index is 11.8. The zero-order valence-corrected chi connectivity index (χ0v) is 12.0. The van der Waals surface area contributed by atoms with Gasteiger partial charge in [0.1, 0.15) is 5.60 Å². The lowest BCUT2D eigenvalue weighted by Gasteiger charge is -2.42. The van der Waals surface area contributed by atoms with Crippen molar-refractivity contribution in [2.75, 3.05) is 7.11 Å². The molecule has 0 saturated carbocycles. The van der Waals surface area contributed by atoms with Crippen molar-refractivity contribution in [3.63, 3.8) is 0 Å². The number of carbonyl (C=O) groups is 1. The van der Waals surface area contributed by atoms with Crippen LogP contribution in [0.3, 0.4) is 0 Å². The summed E-state index contributed by atoms with van der Waals surface area (Å²) in [4.78, 5) is 17.8. The molecule has 1 aromatic rings. The number of piperidine rings is 1. The molecule has 5 nitrogen and oxygen atoms in total. The molecule has 2 saturated heterocycles. The second-order valence-electron chi connectivity index (χ2n) is 5.54. The number of rotatable bonds is 1. The van der Waals surface area contributed by atoms with Gasteiger partial charge >= 0.3 is 6.09 Å². The van der Waals surface area contributed by atoms with Crippen molar-refractivity contribution in [2.24, 2.45) is 0 Å². The van der Waals surface area contributed by atoms with Crippen molar-refractivity contribution in [3.05, 3.63) is 29.0 Å². The lowest BCUT2D eigenvalue weighted by atomic mass is 9.83. The minimum absolute atomic E-state index is 0.00993. The number of methoxy groups -OCH3 is 1. The Balaban J connectivity index is 1.90. The van der Waals surface area contributed by atoms with E-state index in [4.69, 9.17) is 16.3 Å². The molecule has 0 aliphatic carbocycles. The third kappa shape index (κ3) is 2.05. The first-order valence-corrected chi connectivity index (χ1v) is 7.12. The van der Waals surface area contributed by atoms with E-state index in [9.17, 15) is 9.90 Å². The number of carbonyl (C=O) groups excluding carboxylic acids is 1. The first kappa shape index (κ1) is 13.6. The number of halogens is 1. The lowest BCUT2D eigenvalue weighted by Crippen LogP contribution is -2.52. The molecule has 6 heteroatoms. The molecule has 20 heavy (non-hydrogen) atoms. The first-order valence-electron chi connectivity index (χ1n) is 6.75. The van der Waals surface area contributed by atoms with Crippen LogP contribution in [-0.4, -0.2) is 40.3 Å². The highest BCUT2D eigenvalue weighted by molar-refractivity contribution is 6.31. The van der Waals surface area contributed by atoms with Gasteiger partial charge in [-0.05, 0) is 25.0 Å². The molecule has 0 aromatic carbocycles. The first-order chi connectivity index (χ1) is 9.55. The fourth-order valence-corrected chi connectivity index (χ4v) is 3.85. The number of pyridine rings is 1. The van der Waals surface area contributed by atoms with Gasteiger partial charge in [-0.1, -0.05) is 11.6 Å². The summed E-state index contributed by atoms with van der Waals surface area (Å²) in [5, 5.41) is 11.4. The normalized spacial score (nSPS) is 32.2. The van der Waals surface area contributed by atoms with Gasteiger partial charge in [-0.2, -0.15) is 0 Å². The van der Waals surface area contributed by atoms with Crippen LogP contribution in [0.15, 0.2) is 18.3 Å². The fraction of sp³-hybridized carbons (Fsp3) is 0.571. The van der Waals surface area contributed by atoms with Crippen molar-refractivity contribution in [1.82, 2.24) is 9.88 Å². The van der Waals surface area contributed by atoms with Gasteiger partial charge < -0.3 is 14.7 Å². The lowest BCUT2D eigenvalue weighted by molar-refractivity contribution is -0.0539. The number of fused-ring (bicyclic) bond motifs is 2. The Morgan fingerprint density at radius 2 is 2.15 bits per heavy atom. The Labute approximate surface area is 122 Å². The van der Waals surface area contributed by atoms with Gasteiger partial charge in [0.05, 0.1) is 17.8 Å². The van der Waals surface area contributed by atoms with Gasteiger partial charge in [0.2, 0.25) is 0 Å². The minimum Gasteiger partial charge on any atom is -0.453 e. The fourth-order valence-electron chi connectivity index (χ4n) is 3.55. The molecule has 1 aromatic heterocycles. The van der Waals surface area contributed by atoms with Crippen LogP contribution in [0.1, 0.15) is 31.4 Å². The number of aromatic nitrogens is 1. The molecular formula is C14H17ClN2O3. The summed E-state index contributed by atoms with van der Waals surface area (Å²) in [5.41, 5.74) is -0.544. The smallest absolute Gasteiger partial charge is 0.409 e. The van der Waals surface area contributed by atoms with Gasteiger partial charge in [0, 0.05) is 31.1 Å². The zero-order chi connectivity index (χ0) is 14.3. The zero-order valence-electron chi connectivity index (χ0n) is 11.3. The predicted octanol–water partition coefficient (Wildman–Crippen LogP) is 2.32.